The van der Waals surface area contributed by atoms with E-state index in [1.807, 2.05) is 45.2 Å². The highest BCUT2D eigenvalue weighted by Crippen LogP contribution is 2.12. The second kappa shape index (κ2) is 6.40. The molecule has 1 aromatic rings. The molecule has 0 aromatic heterocycles. The van der Waals surface area contributed by atoms with E-state index in [1.54, 1.807) is 0 Å². The Bertz CT molecular complexity index is 332. The van der Waals surface area contributed by atoms with Crippen molar-refractivity contribution in [2.24, 2.45) is 5.92 Å². The summed E-state index contributed by atoms with van der Waals surface area (Å²) < 4.78 is 0. The van der Waals surface area contributed by atoms with E-state index in [1.165, 1.54) is 0 Å². The van der Waals surface area contributed by atoms with Crippen LogP contribution in [0.1, 0.15) is 36.2 Å². The Balaban J connectivity index is 2.67. The van der Waals surface area contributed by atoms with E-state index in [9.17, 15) is 4.79 Å². The van der Waals surface area contributed by atoms with Crippen LogP contribution >= 0.6 is 0 Å². The molecule has 88 valence electrons. The zero-order valence-electron chi connectivity index (χ0n) is 10.2. The van der Waals surface area contributed by atoms with Gasteiger partial charge in [-0.25, -0.2) is 0 Å². The van der Waals surface area contributed by atoms with Gasteiger partial charge in [-0.05, 0) is 19.0 Å². The number of carbonyl (C=O) groups is 1. The summed E-state index contributed by atoms with van der Waals surface area (Å²) in [5.74, 6) is 0.344. The number of hydrogen-bond acceptors (Lipinski definition) is 3. The monoisotopic (exact) mass is 220 g/mol. The van der Waals surface area contributed by atoms with Crippen LogP contribution in [-0.4, -0.2) is 12.8 Å². The van der Waals surface area contributed by atoms with Crippen LogP contribution < -0.4 is 10.9 Å². The van der Waals surface area contributed by atoms with Crippen molar-refractivity contribution >= 4 is 5.78 Å². The predicted molar refractivity (Wildman–Crippen MR) is 66.1 cm³/mol. The molecule has 1 rings (SSSR count). The SMILES string of the molecule is CCC(C)C(=O)c1ccc(CNNC)cc1. The van der Waals surface area contributed by atoms with Gasteiger partial charge in [0.2, 0.25) is 0 Å². The van der Waals surface area contributed by atoms with Gasteiger partial charge in [-0.2, -0.15) is 0 Å². The summed E-state index contributed by atoms with van der Waals surface area (Å²) in [6.45, 7) is 4.76. The van der Waals surface area contributed by atoms with Crippen LogP contribution in [0.25, 0.3) is 0 Å². The number of nitrogens with one attached hydrogen (secondary N) is 2. The quantitative estimate of drug-likeness (QED) is 0.570. The molecule has 0 aliphatic heterocycles. The van der Waals surface area contributed by atoms with E-state index in [0.717, 1.165) is 24.1 Å². The standard InChI is InChI=1S/C13H20N2O/c1-4-10(2)13(16)12-7-5-11(6-8-12)9-15-14-3/h5-8,10,14-15H,4,9H2,1-3H3. The van der Waals surface area contributed by atoms with Gasteiger partial charge in [0, 0.05) is 18.0 Å². The summed E-state index contributed by atoms with van der Waals surface area (Å²) in [7, 11) is 1.83. The Morgan fingerprint density at radius 2 is 1.94 bits per heavy atom. The molecule has 0 fully saturated rings. The van der Waals surface area contributed by atoms with Gasteiger partial charge in [0.1, 0.15) is 0 Å². The van der Waals surface area contributed by atoms with Crippen LogP contribution in [0.15, 0.2) is 24.3 Å². The largest absolute Gasteiger partial charge is 0.294 e. The Morgan fingerprint density at radius 3 is 2.44 bits per heavy atom. The highest BCUT2D eigenvalue weighted by Gasteiger charge is 2.12. The van der Waals surface area contributed by atoms with Gasteiger partial charge in [0.15, 0.2) is 5.78 Å². The minimum atomic E-state index is 0.112. The molecule has 0 spiro atoms. The smallest absolute Gasteiger partial charge is 0.165 e. The number of hydrogen-bond donors (Lipinski definition) is 2. The van der Waals surface area contributed by atoms with E-state index < -0.39 is 0 Å². The van der Waals surface area contributed by atoms with Crippen LogP contribution in [0.5, 0.6) is 0 Å². The first kappa shape index (κ1) is 12.9. The van der Waals surface area contributed by atoms with Crippen molar-refractivity contribution in [3.63, 3.8) is 0 Å². The van der Waals surface area contributed by atoms with Crippen molar-refractivity contribution in [2.75, 3.05) is 7.05 Å². The highest BCUT2D eigenvalue weighted by molar-refractivity contribution is 5.97. The molecule has 3 heteroatoms. The molecule has 0 radical (unpaired) electrons. The first-order valence-corrected chi connectivity index (χ1v) is 5.71. The normalized spacial score (nSPS) is 12.4. The van der Waals surface area contributed by atoms with E-state index in [4.69, 9.17) is 0 Å². The molecule has 3 nitrogen and oxygen atoms in total. The molecule has 0 aliphatic rings. The molecule has 0 amide bonds. The fraction of sp³-hybridized carbons (Fsp3) is 0.462. The molecule has 1 atom stereocenters. The number of benzene rings is 1. The number of rotatable bonds is 6. The highest BCUT2D eigenvalue weighted by atomic mass is 16.1. The molecule has 1 aromatic carbocycles. The Hall–Kier alpha value is -1.19. The van der Waals surface area contributed by atoms with Crippen LogP contribution in [-0.2, 0) is 6.54 Å². The van der Waals surface area contributed by atoms with Crippen LogP contribution in [0.4, 0.5) is 0 Å². The number of Topliss-reactive ketones (excluding diaryl/α,β-unsaturated/α-hetero) is 1. The van der Waals surface area contributed by atoms with E-state index in [-0.39, 0.29) is 11.7 Å². The molecule has 0 saturated carbocycles. The second-order valence-electron chi connectivity index (χ2n) is 3.97. The molecular formula is C13H20N2O. The molecule has 0 heterocycles. The maximum Gasteiger partial charge on any atom is 0.165 e. The second-order valence-corrected chi connectivity index (χ2v) is 3.97. The average molecular weight is 220 g/mol. The van der Waals surface area contributed by atoms with Gasteiger partial charge < -0.3 is 0 Å². The number of ketones is 1. The van der Waals surface area contributed by atoms with Gasteiger partial charge in [-0.3, -0.25) is 15.6 Å². The number of carbonyl (C=O) groups excluding carboxylic acids is 1. The summed E-state index contributed by atoms with van der Waals surface area (Å²) >= 11 is 0. The van der Waals surface area contributed by atoms with E-state index in [2.05, 4.69) is 10.9 Å². The topological polar surface area (TPSA) is 41.1 Å². The van der Waals surface area contributed by atoms with E-state index in [0.29, 0.717) is 0 Å². The van der Waals surface area contributed by atoms with Crippen molar-refractivity contribution in [3.05, 3.63) is 35.4 Å². The van der Waals surface area contributed by atoms with Gasteiger partial charge >= 0.3 is 0 Å². The fourth-order valence-electron chi connectivity index (χ4n) is 1.45. The third-order valence-corrected chi connectivity index (χ3v) is 2.77. The van der Waals surface area contributed by atoms with Crippen molar-refractivity contribution < 1.29 is 4.79 Å². The molecule has 16 heavy (non-hydrogen) atoms. The molecule has 1 unspecified atom stereocenters. The van der Waals surface area contributed by atoms with Gasteiger partial charge in [-0.1, -0.05) is 38.1 Å². The summed E-state index contributed by atoms with van der Waals surface area (Å²) in [4.78, 5) is 11.9. The lowest BCUT2D eigenvalue weighted by Crippen LogP contribution is -2.26. The van der Waals surface area contributed by atoms with Crippen LogP contribution in [0.3, 0.4) is 0 Å². The summed E-state index contributed by atoms with van der Waals surface area (Å²) in [5.41, 5.74) is 7.85. The minimum absolute atomic E-state index is 0.112. The molecule has 2 N–H and O–H groups in total. The maximum atomic E-state index is 11.9. The summed E-state index contributed by atoms with van der Waals surface area (Å²) in [6, 6.07) is 7.78. The van der Waals surface area contributed by atoms with E-state index >= 15 is 0 Å². The van der Waals surface area contributed by atoms with Gasteiger partial charge in [0.25, 0.3) is 0 Å². The minimum Gasteiger partial charge on any atom is -0.294 e. The summed E-state index contributed by atoms with van der Waals surface area (Å²) in [6.07, 6.45) is 0.891. The Morgan fingerprint density at radius 1 is 1.31 bits per heavy atom. The van der Waals surface area contributed by atoms with Crippen LogP contribution in [0, 0.1) is 5.92 Å². The average Bonchev–Trinajstić information content (AvgIpc) is 2.35. The molecule has 0 bridgehead atoms. The van der Waals surface area contributed by atoms with Crippen molar-refractivity contribution in [1.82, 2.24) is 10.9 Å². The van der Waals surface area contributed by atoms with Gasteiger partial charge in [-0.15, -0.1) is 0 Å². The fourth-order valence-corrected chi connectivity index (χ4v) is 1.45. The predicted octanol–water partition coefficient (Wildman–Crippen LogP) is 2.14. The summed E-state index contributed by atoms with van der Waals surface area (Å²) in [5, 5.41) is 0. The maximum absolute atomic E-state index is 11.9. The van der Waals surface area contributed by atoms with Crippen LogP contribution in [0.2, 0.25) is 0 Å². The lowest BCUT2D eigenvalue weighted by Gasteiger charge is -2.08. The molecule has 0 saturated heterocycles. The zero-order valence-corrected chi connectivity index (χ0v) is 10.2. The lowest BCUT2D eigenvalue weighted by molar-refractivity contribution is 0.0927. The Labute approximate surface area is 97.2 Å². The zero-order chi connectivity index (χ0) is 12.0. The van der Waals surface area contributed by atoms with Crippen molar-refractivity contribution in [2.45, 2.75) is 26.8 Å². The van der Waals surface area contributed by atoms with Crippen molar-refractivity contribution in [1.29, 1.82) is 0 Å². The lowest BCUT2D eigenvalue weighted by atomic mass is 9.96. The van der Waals surface area contributed by atoms with Crippen molar-refractivity contribution in [3.8, 4) is 0 Å². The first-order chi connectivity index (χ1) is 7.69. The molecule has 0 aliphatic carbocycles. The molecular weight excluding hydrogens is 200 g/mol. The Kier molecular flexibility index (Phi) is 5.15. The number of hydrazine groups is 1. The third-order valence-electron chi connectivity index (χ3n) is 2.77. The first-order valence-electron chi connectivity index (χ1n) is 5.71. The van der Waals surface area contributed by atoms with Gasteiger partial charge in [0.05, 0.1) is 0 Å². The third kappa shape index (κ3) is 3.43.